The number of nitrogens with zero attached hydrogens (tertiary/aromatic N) is 2. The molecule has 0 aliphatic carbocycles. The summed E-state index contributed by atoms with van der Waals surface area (Å²) in [4.78, 5) is 11.2. The average molecular weight is 385 g/mol. The third-order valence-corrected chi connectivity index (χ3v) is 5.59. The number of nitrogens with one attached hydrogen (secondary N) is 1. The molecule has 0 bridgehead atoms. The highest BCUT2D eigenvalue weighted by Crippen LogP contribution is 2.36. The summed E-state index contributed by atoms with van der Waals surface area (Å²) in [5, 5.41) is 6.59. The lowest BCUT2D eigenvalue weighted by atomic mass is 10.1. The van der Waals surface area contributed by atoms with Gasteiger partial charge in [0.1, 0.15) is 0 Å². The van der Waals surface area contributed by atoms with Crippen molar-refractivity contribution in [3.8, 4) is 22.8 Å². The van der Waals surface area contributed by atoms with Crippen LogP contribution in [0.3, 0.4) is 0 Å². The van der Waals surface area contributed by atoms with Gasteiger partial charge in [-0.2, -0.15) is 17.6 Å². The van der Waals surface area contributed by atoms with Gasteiger partial charge in [-0.25, -0.2) is 0 Å². The summed E-state index contributed by atoms with van der Waals surface area (Å²) < 4.78 is 37.6. The van der Waals surface area contributed by atoms with Crippen LogP contribution in [0.25, 0.3) is 11.3 Å². The molecule has 0 spiro atoms. The fourth-order valence-corrected chi connectivity index (χ4v) is 4.04. The number of amides is 1. The maximum Gasteiger partial charge on any atom is 0.283 e. The Morgan fingerprint density at radius 2 is 1.81 bits per heavy atom. The van der Waals surface area contributed by atoms with E-state index >= 15 is 0 Å². The van der Waals surface area contributed by atoms with Gasteiger partial charge in [-0.1, -0.05) is 0 Å². The number of rotatable bonds is 4. The predicted molar refractivity (Wildman–Crippen MR) is 97.1 cm³/mol. The predicted octanol–water partition coefficient (Wildman–Crippen LogP) is 2.47. The highest BCUT2D eigenvalue weighted by atomic mass is 32.2. The minimum absolute atomic E-state index is 0.0577. The average Bonchev–Trinajstić information content (AvgIpc) is 3.30. The number of fused-ring (bicyclic) bond motifs is 1. The molecule has 2 aromatic carbocycles. The fraction of sp³-hybridized carbons (Fsp3) is 0.111. The summed E-state index contributed by atoms with van der Waals surface area (Å²) in [5.74, 6) is 0.932. The molecule has 0 saturated heterocycles. The van der Waals surface area contributed by atoms with Crippen LogP contribution in [0, 0.1) is 0 Å². The van der Waals surface area contributed by atoms with E-state index in [-0.39, 0.29) is 17.6 Å². The highest BCUT2D eigenvalue weighted by molar-refractivity contribution is 7.90. The topological polar surface area (TPSA) is 99.5 Å². The van der Waals surface area contributed by atoms with E-state index in [1.165, 1.54) is 37.4 Å². The van der Waals surface area contributed by atoms with E-state index in [1.807, 2.05) is 0 Å². The maximum absolute atomic E-state index is 13.0. The van der Waals surface area contributed by atoms with Gasteiger partial charge in [0.25, 0.3) is 10.0 Å². The van der Waals surface area contributed by atoms with Crippen LogP contribution < -0.4 is 14.8 Å². The Morgan fingerprint density at radius 1 is 1.07 bits per heavy atom. The highest BCUT2D eigenvalue weighted by Gasteiger charge is 2.23. The maximum atomic E-state index is 13.0. The van der Waals surface area contributed by atoms with E-state index in [9.17, 15) is 13.2 Å². The third-order valence-electron chi connectivity index (χ3n) is 3.98. The number of ether oxygens (including phenoxy) is 2. The quantitative estimate of drug-likeness (QED) is 0.741. The van der Waals surface area contributed by atoms with Crippen molar-refractivity contribution in [3.05, 3.63) is 54.7 Å². The second-order valence-electron chi connectivity index (χ2n) is 5.84. The molecule has 8 nitrogen and oxygen atoms in total. The van der Waals surface area contributed by atoms with Crippen LogP contribution >= 0.6 is 0 Å². The zero-order valence-corrected chi connectivity index (χ0v) is 15.1. The van der Waals surface area contributed by atoms with E-state index in [2.05, 4.69) is 10.4 Å². The Kier molecular flexibility index (Phi) is 4.08. The zero-order valence-electron chi connectivity index (χ0n) is 14.2. The van der Waals surface area contributed by atoms with Gasteiger partial charge in [-0.15, -0.1) is 0 Å². The largest absolute Gasteiger partial charge is 0.454 e. The Hall–Kier alpha value is -3.33. The van der Waals surface area contributed by atoms with Gasteiger partial charge >= 0.3 is 0 Å². The lowest BCUT2D eigenvalue weighted by Crippen LogP contribution is -2.16. The summed E-state index contributed by atoms with van der Waals surface area (Å²) >= 11 is 0. The van der Waals surface area contributed by atoms with Crippen LogP contribution in [0.1, 0.15) is 6.92 Å². The van der Waals surface area contributed by atoms with E-state index < -0.39 is 10.0 Å². The van der Waals surface area contributed by atoms with Crippen molar-refractivity contribution in [2.24, 2.45) is 0 Å². The summed E-state index contributed by atoms with van der Waals surface area (Å²) in [6.45, 7) is 1.52. The number of hydrogen-bond donors (Lipinski definition) is 1. The van der Waals surface area contributed by atoms with Crippen molar-refractivity contribution in [1.29, 1.82) is 0 Å². The Morgan fingerprint density at radius 3 is 2.56 bits per heavy atom. The minimum Gasteiger partial charge on any atom is -0.454 e. The number of aromatic nitrogens is 2. The SMILES string of the molecule is CC(=O)Nc1ccc(S(=O)(=O)n2nccc2-c2ccc3c(c2)OCO3)cc1. The van der Waals surface area contributed by atoms with Gasteiger partial charge in [0.15, 0.2) is 11.5 Å². The molecule has 1 N–H and O–H groups in total. The van der Waals surface area contributed by atoms with Crippen LogP contribution in [-0.2, 0) is 14.8 Å². The van der Waals surface area contributed by atoms with Crippen molar-refractivity contribution >= 4 is 21.6 Å². The van der Waals surface area contributed by atoms with Crippen LogP contribution in [0.2, 0.25) is 0 Å². The van der Waals surface area contributed by atoms with Gasteiger partial charge in [0.05, 0.1) is 16.8 Å². The molecule has 9 heteroatoms. The van der Waals surface area contributed by atoms with E-state index in [0.717, 1.165) is 4.09 Å². The van der Waals surface area contributed by atoms with Crippen LogP contribution in [0.5, 0.6) is 11.5 Å². The van der Waals surface area contributed by atoms with Gasteiger partial charge in [-0.3, -0.25) is 4.79 Å². The molecular weight excluding hydrogens is 370 g/mol. The number of carbonyl (C=O) groups is 1. The smallest absolute Gasteiger partial charge is 0.283 e. The monoisotopic (exact) mass is 385 g/mol. The summed E-state index contributed by atoms with van der Waals surface area (Å²) in [5.41, 5.74) is 1.55. The first kappa shape index (κ1) is 17.1. The number of hydrogen-bond acceptors (Lipinski definition) is 6. The Labute approximate surface area is 155 Å². The van der Waals surface area contributed by atoms with Gasteiger partial charge in [0.2, 0.25) is 12.7 Å². The molecular formula is C18H15N3O5S. The van der Waals surface area contributed by atoms with Crippen molar-refractivity contribution < 1.29 is 22.7 Å². The number of anilines is 1. The molecule has 1 aliphatic heterocycles. The standard InChI is InChI=1S/C18H15N3O5S/c1-12(22)20-14-3-5-15(6-4-14)27(23,24)21-16(8-9-19-21)13-2-7-17-18(10-13)26-11-25-17/h2-10H,11H2,1H3,(H,20,22). The Bertz CT molecular complexity index is 1120. The van der Waals surface area contributed by atoms with Crippen molar-refractivity contribution in [1.82, 2.24) is 9.19 Å². The van der Waals surface area contributed by atoms with Crippen molar-refractivity contribution in [3.63, 3.8) is 0 Å². The van der Waals surface area contributed by atoms with E-state index in [1.54, 1.807) is 24.3 Å². The molecule has 1 aromatic heterocycles. The van der Waals surface area contributed by atoms with Gasteiger partial charge in [-0.05, 0) is 48.5 Å². The molecule has 1 aliphatic rings. The van der Waals surface area contributed by atoms with Crippen LogP contribution in [0.4, 0.5) is 5.69 Å². The van der Waals surface area contributed by atoms with Crippen LogP contribution in [-0.4, -0.2) is 30.3 Å². The number of carbonyl (C=O) groups excluding carboxylic acids is 1. The second-order valence-corrected chi connectivity index (χ2v) is 7.61. The molecule has 2 heterocycles. The normalized spacial score (nSPS) is 12.8. The first-order valence-corrected chi connectivity index (χ1v) is 9.46. The fourth-order valence-electron chi connectivity index (χ4n) is 2.76. The van der Waals surface area contributed by atoms with Gasteiger partial charge < -0.3 is 14.8 Å². The number of benzene rings is 2. The molecule has 0 radical (unpaired) electrons. The molecule has 0 fully saturated rings. The molecule has 4 rings (SSSR count). The van der Waals surface area contributed by atoms with Crippen molar-refractivity contribution in [2.45, 2.75) is 11.8 Å². The molecule has 27 heavy (non-hydrogen) atoms. The van der Waals surface area contributed by atoms with Crippen LogP contribution in [0.15, 0.2) is 59.6 Å². The van der Waals surface area contributed by atoms with E-state index in [0.29, 0.717) is 28.4 Å². The zero-order chi connectivity index (χ0) is 19.0. The van der Waals surface area contributed by atoms with E-state index in [4.69, 9.17) is 9.47 Å². The first-order chi connectivity index (χ1) is 12.9. The van der Waals surface area contributed by atoms with Gasteiger partial charge in [0, 0.05) is 18.2 Å². The third kappa shape index (κ3) is 3.13. The molecule has 1 amide bonds. The molecule has 3 aromatic rings. The minimum atomic E-state index is -3.91. The molecule has 0 atom stereocenters. The lowest BCUT2D eigenvalue weighted by Gasteiger charge is -2.10. The molecule has 138 valence electrons. The molecule has 0 saturated carbocycles. The van der Waals surface area contributed by atoms with Crippen molar-refractivity contribution in [2.75, 3.05) is 12.1 Å². The second kappa shape index (κ2) is 6.44. The summed E-state index contributed by atoms with van der Waals surface area (Å²) in [7, 11) is -3.91. The molecule has 0 unspecified atom stereocenters. The summed E-state index contributed by atoms with van der Waals surface area (Å²) in [6, 6.07) is 12.7. The summed E-state index contributed by atoms with van der Waals surface area (Å²) in [6.07, 6.45) is 1.42. The first-order valence-electron chi connectivity index (χ1n) is 8.02. The Balaban J connectivity index is 1.71. The lowest BCUT2D eigenvalue weighted by molar-refractivity contribution is -0.114.